The summed E-state index contributed by atoms with van der Waals surface area (Å²) in [4.78, 5) is 19.0. The van der Waals surface area contributed by atoms with E-state index in [-0.39, 0.29) is 12.3 Å². The molecule has 0 spiro atoms. The van der Waals surface area contributed by atoms with Gasteiger partial charge in [-0.3, -0.25) is 4.79 Å². The predicted molar refractivity (Wildman–Crippen MR) is 115 cm³/mol. The van der Waals surface area contributed by atoms with Gasteiger partial charge in [0.25, 0.3) is 0 Å². The minimum atomic E-state index is -0.236. The minimum absolute atomic E-state index is 0.160. The highest BCUT2D eigenvalue weighted by atomic mass is 32.1. The molecule has 0 radical (unpaired) electrons. The van der Waals surface area contributed by atoms with Gasteiger partial charge in [-0.25, -0.2) is 10.4 Å². The fraction of sp³-hybridized carbons (Fsp3) is 0.450. The normalized spacial score (nSPS) is 14.4. The lowest BCUT2D eigenvalue weighted by Crippen LogP contribution is -2.36. The SMILES string of the molecule is COc1cc(/C(C)=N/NC(=O)Cc2csc(N3CCOCC3)n2)cc(OC)c1OC. The second-order valence-corrected chi connectivity index (χ2v) is 7.38. The lowest BCUT2D eigenvalue weighted by Gasteiger charge is -2.26. The number of hydrazone groups is 1. The number of amides is 1. The van der Waals surface area contributed by atoms with Gasteiger partial charge < -0.3 is 23.8 Å². The number of thiazole rings is 1. The third-order valence-electron chi connectivity index (χ3n) is 4.59. The Balaban J connectivity index is 1.64. The fourth-order valence-electron chi connectivity index (χ4n) is 2.98. The van der Waals surface area contributed by atoms with Crippen LogP contribution in [0.1, 0.15) is 18.2 Å². The molecule has 3 rings (SSSR count). The van der Waals surface area contributed by atoms with Crippen molar-refractivity contribution >= 4 is 28.1 Å². The largest absolute Gasteiger partial charge is 0.493 e. The number of carbonyl (C=O) groups is 1. The van der Waals surface area contributed by atoms with Gasteiger partial charge in [0.2, 0.25) is 11.7 Å². The first-order valence-electron chi connectivity index (χ1n) is 9.46. The zero-order chi connectivity index (χ0) is 21.5. The van der Waals surface area contributed by atoms with E-state index >= 15 is 0 Å². The van der Waals surface area contributed by atoms with Crippen LogP contribution in [0.2, 0.25) is 0 Å². The number of anilines is 1. The van der Waals surface area contributed by atoms with Gasteiger partial charge in [0, 0.05) is 24.0 Å². The highest BCUT2D eigenvalue weighted by Gasteiger charge is 2.17. The van der Waals surface area contributed by atoms with Gasteiger partial charge in [-0.15, -0.1) is 11.3 Å². The molecule has 1 aliphatic heterocycles. The Kier molecular flexibility index (Phi) is 7.47. The van der Waals surface area contributed by atoms with Crippen LogP contribution < -0.4 is 24.5 Å². The van der Waals surface area contributed by atoms with Crippen LogP contribution in [-0.2, 0) is 16.0 Å². The van der Waals surface area contributed by atoms with Crippen molar-refractivity contribution in [2.45, 2.75) is 13.3 Å². The van der Waals surface area contributed by atoms with Crippen molar-refractivity contribution in [2.24, 2.45) is 5.10 Å². The Labute approximate surface area is 179 Å². The number of hydrogen-bond donors (Lipinski definition) is 1. The first-order valence-corrected chi connectivity index (χ1v) is 10.3. The van der Waals surface area contributed by atoms with E-state index in [0.29, 0.717) is 36.2 Å². The number of ether oxygens (including phenoxy) is 4. The van der Waals surface area contributed by atoms with Crippen molar-refractivity contribution in [3.05, 3.63) is 28.8 Å². The summed E-state index contributed by atoms with van der Waals surface area (Å²) < 4.78 is 21.4. The molecule has 2 aromatic rings. The lowest BCUT2D eigenvalue weighted by atomic mass is 10.1. The Bertz CT molecular complexity index is 883. The minimum Gasteiger partial charge on any atom is -0.493 e. The van der Waals surface area contributed by atoms with E-state index in [1.807, 2.05) is 5.38 Å². The average molecular weight is 435 g/mol. The van der Waals surface area contributed by atoms with Gasteiger partial charge in [0.1, 0.15) is 0 Å². The molecular weight excluding hydrogens is 408 g/mol. The van der Waals surface area contributed by atoms with E-state index < -0.39 is 0 Å². The summed E-state index contributed by atoms with van der Waals surface area (Å²) in [6.45, 7) is 4.82. The van der Waals surface area contributed by atoms with Gasteiger partial charge in [-0.1, -0.05) is 0 Å². The number of benzene rings is 1. The van der Waals surface area contributed by atoms with Crippen LogP contribution in [0.15, 0.2) is 22.6 Å². The van der Waals surface area contributed by atoms with E-state index in [9.17, 15) is 4.79 Å². The number of hydrogen-bond acceptors (Lipinski definition) is 9. The van der Waals surface area contributed by atoms with Crippen molar-refractivity contribution in [3.8, 4) is 17.2 Å². The van der Waals surface area contributed by atoms with Gasteiger partial charge in [-0.2, -0.15) is 5.10 Å². The number of nitrogens with zero attached hydrogens (tertiary/aromatic N) is 3. The Hall–Kier alpha value is -2.85. The van der Waals surface area contributed by atoms with Crippen LogP contribution in [0, 0.1) is 0 Å². The zero-order valence-corrected chi connectivity index (χ0v) is 18.4. The smallest absolute Gasteiger partial charge is 0.246 e. The second kappa shape index (κ2) is 10.3. The third kappa shape index (κ3) is 5.19. The van der Waals surface area contributed by atoms with Crippen LogP contribution in [0.25, 0.3) is 0 Å². The van der Waals surface area contributed by atoms with E-state index in [1.54, 1.807) is 40.4 Å². The summed E-state index contributed by atoms with van der Waals surface area (Å²) in [6, 6.07) is 3.56. The number of aromatic nitrogens is 1. The third-order valence-corrected chi connectivity index (χ3v) is 5.54. The molecule has 1 aromatic carbocycles. The molecule has 1 N–H and O–H groups in total. The molecular formula is C20H26N4O5S. The summed E-state index contributed by atoms with van der Waals surface area (Å²) in [6.07, 6.45) is 0.160. The topological polar surface area (TPSA) is 94.5 Å². The molecule has 0 atom stereocenters. The van der Waals surface area contributed by atoms with Gasteiger partial charge in [0.15, 0.2) is 16.6 Å². The quantitative estimate of drug-likeness (QED) is 0.502. The summed E-state index contributed by atoms with van der Waals surface area (Å²) in [5.41, 5.74) is 4.66. The van der Waals surface area contributed by atoms with E-state index in [1.165, 1.54) is 11.3 Å². The van der Waals surface area contributed by atoms with Crippen LogP contribution in [0.4, 0.5) is 5.13 Å². The summed E-state index contributed by atoms with van der Waals surface area (Å²) in [5.74, 6) is 1.30. The lowest BCUT2D eigenvalue weighted by molar-refractivity contribution is -0.120. The molecule has 162 valence electrons. The Morgan fingerprint density at radius 3 is 2.47 bits per heavy atom. The average Bonchev–Trinajstić information content (AvgIpc) is 3.25. The summed E-state index contributed by atoms with van der Waals surface area (Å²) in [7, 11) is 4.65. The molecule has 2 heterocycles. The first kappa shape index (κ1) is 21.8. The molecule has 1 aliphatic rings. The number of methoxy groups -OCH3 is 3. The molecule has 1 aromatic heterocycles. The van der Waals surface area contributed by atoms with Crippen molar-refractivity contribution in [2.75, 3.05) is 52.5 Å². The summed E-state index contributed by atoms with van der Waals surface area (Å²) >= 11 is 1.53. The van der Waals surface area contributed by atoms with Crippen molar-refractivity contribution in [1.82, 2.24) is 10.4 Å². The number of morpholine rings is 1. The van der Waals surface area contributed by atoms with Crippen LogP contribution in [0.3, 0.4) is 0 Å². The highest BCUT2D eigenvalue weighted by molar-refractivity contribution is 7.13. The van der Waals surface area contributed by atoms with Crippen LogP contribution >= 0.6 is 11.3 Å². The van der Waals surface area contributed by atoms with Crippen molar-refractivity contribution in [1.29, 1.82) is 0 Å². The maximum Gasteiger partial charge on any atom is 0.246 e. The van der Waals surface area contributed by atoms with Crippen molar-refractivity contribution in [3.63, 3.8) is 0 Å². The monoisotopic (exact) mass is 434 g/mol. The predicted octanol–water partition coefficient (Wildman–Crippen LogP) is 2.09. The van der Waals surface area contributed by atoms with Crippen molar-refractivity contribution < 1.29 is 23.7 Å². The maximum atomic E-state index is 12.3. The number of carbonyl (C=O) groups excluding carboxylic acids is 1. The van der Waals surface area contributed by atoms with E-state index in [4.69, 9.17) is 18.9 Å². The molecule has 1 amide bonds. The van der Waals surface area contributed by atoms with Gasteiger partial charge >= 0.3 is 0 Å². The van der Waals surface area contributed by atoms with E-state index in [2.05, 4.69) is 20.4 Å². The zero-order valence-electron chi connectivity index (χ0n) is 17.6. The van der Waals surface area contributed by atoms with Gasteiger partial charge in [-0.05, 0) is 19.1 Å². The maximum absolute atomic E-state index is 12.3. The van der Waals surface area contributed by atoms with Gasteiger partial charge in [0.05, 0.1) is 52.4 Å². The number of nitrogens with one attached hydrogen (secondary N) is 1. The van der Waals surface area contributed by atoms with Crippen LogP contribution in [-0.4, -0.2) is 64.2 Å². The van der Waals surface area contributed by atoms with E-state index in [0.717, 1.165) is 29.5 Å². The highest BCUT2D eigenvalue weighted by Crippen LogP contribution is 2.38. The molecule has 30 heavy (non-hydrogen) atoms. The standard InChI is InChI=1S/C20H26N4O5S/c1-13(14-9-16(26-2)19(28-4)17(10-14)27-3)22-23-18(25)11-15-12-30-20(21-15)24-5-7-29-8-6-24/h9-10,12H,5-8,11H2,1-4H3,(H,23,25)/b22-13+. The first-order chi connectivity index (χ1) is 14.5. The fourth-order valence-corrected chi connectivity index (χ4v) is 3.86. The Morgan fingerprint density at radius 2 is 1.87 bits per heavy atom. The molecule has 0 bridgehead atoms. The molecule has 1 saturated heterocycles. The molecule has 1 fully saturated rings. The summed E-state index contributed by atoms with van der Waals surface area (Å²) in [5, 5.41) is 7.03. The molecule has 10 heteroatoms. The second-order valence-electron chi connectivity index (χ2n) is 6.54. The molecule has 0 unspecified atom stereocenters. The molecule has 0 saturated carbocycles. The molecule has 0 aliphatic carbocycles. The van der Waals surface area contributed by atoms with Crippen LogP contribution in [0.5, 0.6) is 17.2 Å². The number of rotatable bonds is 8. The molecule has 9 nitrogen and oxygen atoms in total. The Morgan fingerprint density at radius 1 is 1.20 bits per heavy atom.